The molecule has 29 heavy (non-hydrogen) atoms. The summed E-state index contributed by atoms with van der Waals surface area (Å²) in [6.45, 7) is 11.6. The van der Waals surface area contributed by atoms with E-state index < -0.39 is 0 Å². The van der Waals surface area contributed by atoms with E-state index in [1.807, 2.05) is 36.4 Å². The molecule has 0 aliphatic carbocycles. The number of allylic oxidation sites excluding steroid dienone is 1. The van der Waals surface area contributed by atoms with Crippen LogP contribution in [0.15, 0.2) is 59.7 Å². The molecule has 0 N–H and O–H groups in total. The minimum absolute atomic E-state index is 0.123. The van der Waals surface area contributed by atoms with E-state index in [9.17, 15) is 4.79 Å². The first kappa shape index (κ1) is 21.6. The average molecular weight is 429 g/mol. The largest absolute Gasteiger partial charge is 0.344 e. The highest BCUT2D eigenvalue weighted by molar-refractivity contribution is 6.35. The Morgan fingerprint density at radius 3 is 2.31 bits per heavy atom. The lowest BCUT2D eigenvalue weighted by atomic mass is 9.86. The molecule has 0 fully saturated rings. The monoisotopic (exact) mass is 428 g/mol. The number of nitrogens with zero attached hydrogens (tertiary/aromatic N) is 2. The van der Waals surface area contributed by atoms with Crippen molar-refractivity contribution in [2.75, 3.05) is 6.67 Å². The fourth-order valence-electron chi connectivity index (χ4n) is 3.56. The molecule has 1 aliphatic heterocycles. The second-order valence-electron chi connectivity index (χ2n) is 8.62. The van der Waals surface area contributed by atoms with Crippen molar-refractivity contribution in [3.63, 3.8) is 0 Å². The molecular weight excluding hydrogens is 403 g/mol. The molecule has 2 aromatic rings. The Bertz CT molecular complexity index is 922. The van der Waals surface area contributed by atoms with E-state index in [1.54, 1.807) is 6.07 Å². The Kier molecular flexibility index (Phi) is 6.50. The lowest BCUT2D eigenvalue weighted by Gasteiger charge is -2.32. The predicted octanol–water partition coefficient (Wildman–Crippen LogP) is 6.95. The first-order chi connectivity index (χ1) is 13.7. The predicted molar refractivity (Wildman–Crippen MR) is 122 cm³/mol. The van der Waals surface area contributed by atoms with Gasteiger partial charge in [-0.15, -0.1) is 0 Å². The molecule has 1 atom stereocenters. The van der Waals surface area contributed by atoms with E-state index in [2.05, 4.69) is 32.3 Å². The van der Waals surface area contributed by atoms with Crippen molar-refractivity contribution in [2.45, 2.75) is 39.7 Å². The summed E-state index contributed by atoms with van der Waals surface area (Å²) in [5, 5.41) is 1.16. The van der Waals surface area contributed by atoms with Gasteiger partial charge < -0.3 is 4.90 Å². The SMILES string of the molecule is C=C1C(c2cc(Cl)cc(Cl)c2)=NCN1C(CCC(C)(C)C)c1ccc(C=O)cc1. The van der Waals surface area contributed by atoms with Crippen LogP contribution in [-0.2, 0) is 0 Å². The highest BCUT2D eigenvalue weighted by atomic mass is 35.5. The number of carbonyl (C=O) groups excluding carboxylic acids is 1. The number of rotatable bonds is 6. The summed E-state index contributed by atoms with van der Waals surface area (Å²) >= 11 is 12.4. The first-order valence-electron chi connectivity index (χ1n) is 9.70. The van der Waals surface area contributed by atoms with E-state index in [1.165, 1.54) is 0 Å². The van der Waals surface area contributed by atoms with Gasteiger partial charge in [-0.05, 0) is 42.0 Å². The van der Waals surface area contributed by atoms with E-state index in [0.717, 1.165) is 41.7 Å². The molecule has 152 valence electrons. The molecule has 0 spiro atoms. The Balaban J connectivity index is 1.89. The number of aldehydes is 1. The minimum atomic E-state index is 0.123. The van der Waals surface area contributed by atoms with E-state index in [-0.39, 0.29) is 11.5 Å². The summed E-state index contributed by atoms with van der Waals surface area (Å²) in [7, 11) is 0. The highest BCUT2D eigenvalue weighted by Crippen LogP contribution is 2.36. The quantitative estimate of drug-likeness (QED) is 0.466. The van der Waals surface area contributed by atoms with E-state index in [4.69, 9.17) is 28.2 Å². The van der Waals surface area contributed by atoms with Crippen LogP contribution in [0.3, 0.4) is 0 Å². The average Bonchev–Trinajstić information content (AvgIpc) is 3.02. The number of carbonyl (C=O) groups is 1. The number of hydrogen-bond donors (Lipinski definition) is 0. The van der Waals surface area contributed by atoms with Crippen molar-refractivity contribution in [2.24, 2.45) is 10.4 Å². The van der Waals surface area contributed by atoms with E-state index in [0.29, 0.717) is 22.3 Å². The standard InChI is InChI=1S/C24H26Cl2N2O/c1-16-23(19-11-20(25)13-21(26)12-19)27-15-28(16)22(9-10-24(2,3)4)18-7-5-17(14-29)6-8-18/h5-8,11-14,22H,1,9-10,15H2,2-4H3. The van der Waals surface area contributed by atoms with Gasteiger partial charge in [0.25, 0.3) is 0 Å². The van der Waals surface area contributed by atoms with Crippen molar-refractivity contribution in [1.29, 1.82) is 0 Å². The molecule has 1 aliphatic rings. The zero-order valence-corrected chi connectivity index (χ0v) is 18.6. The molecule has 3 nitrogen and oxygen atoms in total. The van der Waals surface area contributed by atoms with Gasteiger partial charge in [-0.1, -0.05) is 74.8 Å². The van der Waals surface area contributed by atoms with Gasteiger partial charge >= 0.3 is 0 Å². The molecule has 0 saturated heterocycles. The van der Waals surface area contributed by atoms with Crippen molar-refractivity contribution in [3.05, 3.63) is 81.5 Å². The second-order valence-corrected chi connectivity index (χ2v) is 9.50. The molecule has 0 aromatic heterocycles. The van der Waals surface area contributed by atoms with Crippen molar-refractivity contribution in [3.8, 4) is 0 Å². The highest BCUT2D eigenvalue weighted by Gasteiger charge is 2.30. The van der Waals surface area contributed by atoms with Crippen molar-refractivity contribution < 1.29 is 4.79 Å². The van der Waals surface area contributed by atoms with Gasteiger partial charge in [0, 0.05) is 21.2 Å². The maximum absolute atomic E-state index is 11.0. The number of benzene rings is 2. The third-order valence-electron chi connectivity index (χ3n) is 5.14. The van der Waals surface area contributed by atoms with E-state index >= 15 is 0 Å². The van der Waals surface area contributed by atoms with Crippen LogP contribution < -0.4 is 0 Å². The number of halogens is 2. The Morgan fingerprint density at radius 2 is 1.76 bits per heavy atom. The van der Waals surface area contributed by atoms with Gasteiger partial charge in [-0.25, -0.2) is 0 Å². The molecular formula is C24H26Cl2N2O. The molecule has 5 heteroatoms. The Hall–Kier alpha value is -2.10. The van der Waals surface area contributed by atoms with Gasteiger partial charge in [0.1, 0.15) is 13.0 Å². The zero-order valence-electron chi connectivity index (χ0n) is 17.1. The van der Waals surface area contributed by atoms with Crippen LogP contribution in [0.2, 0.25) is 10.0 Å². The molecule has 3 rings (SSSR count). The van der Waals surface area contributed by atoms with Gasteiger partial charge in [0.05, 0.1) is 17.5 Å². The second kappa shape index (κ2) is 8.73. The third-order valence-corrected chi connectivity index (χ3v) is 5.57. The van der Waals surface area contributed by atoms with Gasteiger partial charge in [-0.3, -0.25) is 9.79 Å². The molecule has 2 aromatic carbocycles. The molecule has 0 radical (unpaired) electrons. The minimum Gasteiger partial charge on any atom is -0.344 e. The maximum Gasteiger partial charge on any atom is 0.150 e. The van der Waals surface area contributed by atoms with Crippen LogP contribution in [0.1, 0.15) is 61.1 Å². The summed E-state index contributed by atoms with van der Waals surface area (Å²) in [4.78, 5) is 18.0. The van der Waals surface area contributed by atoms with Crippen LogP contribution in [0, 0.1) is 5.41 Å². The lowest BCUT2D eigenvalue weighted by Crippen LogP contribution is -2.27. The van der Waals surface area contributed by atoms with Crippen LogP contribution >= 0.6 is 23.2 Å². The van der Waals surface area contributed by atoms with Crippen LogP contribution in [0.25, 0.3) is 0 Å². The van der Waals surface area contributed by atoms with Crippen LogP contribution in [0.5, 0.6) is 0 Å². The molecule has 0 saturated carbocycles. The number of hydrogen-bond acceptors (Lipinski definition) is 3. The Labute approximate surface area is 183 Å². The smallest absolute Gasteiger partial charge is 0.150 e. The number of aliphatic imine (C=N–C) groups is 1. The zero-order chi connectivity index (χ0) is 21.2. The maximum atomic E-state index is 11.0. The summed E-state index contributed by atoms with van der Waals surface area (Å²) < 4.78 is 0. The third kappa shape index (κ3) is 5.29. The summed E-state index contributed by atoms with van der Waals surface area (Å²) in [6, 6.07) is 13.3. The van der Waals surface area contributed by atoms with Crippen molar-refractivity contribution in [1.82, 2.24) is 4.90 Å². The lowest BCUT2D eigenvalue weighted by molar-refractivity contribution is 0.112. The van der Waals surface area contributed by atoms with Gasteiger partial charge in [0.15, 0.2) is 0 Å². The molecule has 0 bridgehead atoms. The Morgan fingerprint density at radius 1 is 1.14 bits per heavy atom. The molecule has 1 unspecified atom stereocenters. The topological polar surface area (TPSA) is 32.7 Å². The molecule has 1 heterocycles. The molecule has 0 amide bonds. The summed E-state index contributed by atoms with van der Waals surface area (Å²) in [5.41, 5.74) is 4.60. The summed E-state index contributed by atoms with van der Waals surface area (Å²) in [5.74, 6) is 0. The fourth-order valence-corrected chi connectivity index (χ4v) is 4.09. The van der Waals surface area contributed by atoms with Crippen LogP contribution in [0.4, 0.5) is 0 Å². The van der Waals surface area contributed by atoms with Gasteiger partial charge in [-0.2, -0.15) is 0 Å². The van der Waals surface area contributed by atoms with Gasteiger partial charge in [0.2, 0.25) is 0 Å². The normalized spacial score (nSPS) is 15.4. The fraction of sp³-hybridized carbons (Fsp3) is 0.333. The van der Waals surface area contributed by atoms with Crippen LogP contribution in [-0.4, -0.2) is 23.6 Å². The van der Waals surface area contributed by atoms with Crippen molar-refractivity contribution >= 4 is 35.2 Å². The first-order valence-corrected chi connectivity index (χ1v) is 10.5. The summed E-state index contributed by atoms with van der Waals surface area (Å²) in [6.07, 6.45) is 2.88.